The van der Waals surface area contributed by atoms with Crippen molar-refractivity contribution in [2.45, 2.75) is 26.3 Å². The Morgan fingerprint density at radius 1 is 1.47 bits per heavy atom. The van der Waals surface area contributed by atoms with Crippen molar-refractivity contribution in [2.75, 3.05) is 0 Å². The summed E-state index contributed by atoms with van der Waals surface area (Å²) in [5.74, 6) is -0.375. The molecule has 0 aliphatic rings. The number of amides is 1. The Bertz CT molecular complexity index is 580. The zero-order valence-electron chi connectivity index (χ0n) is 10.9. The molecule has 5 heteroatoms. The van der Waals surface area contributed by atoms with E-state index in [0.717, 1.165) is 6.42 Å². The van der Waals surface area contributed by atoms with Crippen molar-refractivity contribution in [3.05, 3.63) is 45.9 Å². The highest BCUT2D eigenvalue weighted by Gasteiger charge is 2.14. The number of thiophene rings is 1. The molecule has 1 amide bonds. The van der Waals surface area contributed by atoms with Gasteiger partial charge in [0, 0.05) is 28.4 Å². The Balaban J connectivity index is 1.97. The minimum atomic E-state index is -0.277. The lowest BCUT2D eigenvalue weighted by Gasteiger charge is -2.13. The molecule has 4 nitrogen and oxygen atoms in total. The number of aromatic hydroxyl groups is 1. The van der Waals surface area contributed by atoms with Crippen LogP contribution in [0.1, 0.15) is 27.0 Å². The molecule has 0 saturated carbocycles. The minimum Gasteiger partial charge on any atom is -0.505 e. The molecular weight excluding hydrogens is 260 g/mol. The molecule has 0 aliphatic heterocycles. The first-order valence-corrected chi connectivity index (χ1v) is 6.87. The van der Waals surface area contributed by atoms with Gasteiger partial charge in [-0.3, -0.25) is 9.78 Å². The first kappa shape index (κ1) is 13.5. The zero-order chi connectivity index (χ0) is 13.8. The van der Waals surface area contributed by atoms with Crippen molar-refractivity contribution in [3.8, 4) is 5.75 Å². The normalized spacial score (nSPS) is 12.1. The number of hydrogen-bond donors (Lipinski definition) is 2. The second-order valence-corrected chi connectivity index (χ2v) is 5.86. The molecule has 0 saturated heterocycles. The fourth-order valence-electron chi connectivity index (χ4n) is 1.83. The monoisotopic (exact) mass is 276 g/mol. The molecule has 2 aromatic heterocycles. The molecule has 100 valence electrons. The number of carbonyl (C=O) groups excluding carboxylic acids is 1. The van der Waals surface area contributed by atoms with Crippen molar-refractivity contribution in [2.24, 2.45) is 0 Å². The third-order valence-electron chi connectivity index (χ3n) is 2.73. The van der Waals surface area contributed by atoms with Gasteiger partial charge in [-0.1, -0.05) is 0 Å². The highest BCUT2D eigenvalue weighted by atomic mass is 32.1. The summed E-state index contributed by atoms with van der Waals surface area (Å²) in [7, 11) is 0. The highest BCUT2D eigenvalue weighted by Crippen LogP contribution is 2.17. The van der Waals surface area contributed by atoms with E-state index in [4.69, 9.17) is 0 Å². The predicted octanol–water partition coefficient (Wildman–Crippen LogP) is 2.52. The summed E-state index contributed by atoms with van der Waals surface area (Å²) >= 11 is 1.73. The number of aryl methyl sites for hydroxylation is 1. The SMILES string of the molecule is Cc1ccc(CC(C)NC(=O)c2ccncc2O)s1. The summed E-state index contributed by atoms with van der Waals surface area (Å²) in [6, 6.07) is 5.67. The van der Waals surface area contributed by atoms with Gasteiger partial charge in [-0.25, -0.2) is 0 Å². The fourth-order valence-corrected chi connectivity index (χ4v) is 2.85. The maximum atomic E-state index is 12.0. The molecule has 2 aromatic rings. The Kier molecular flexibility index (Phi) is 4.16. The van der Waals surface area contributed by atoms with Crippen molar-refractivity contribution >= 4 is 17.2 Å². The third-order valence-corrected chi connectivity index (χ3v) is 3.75. The summed E-state index contributed by atoms with van der Waals surface area (Å²) in [6.07, 6.45) is 3.54. The fraction of sp³-hybridized carbons (Fsp3) is 0.286. The van der Waals surface area contributed by atoms with E-state index in [1.165, 1.54) is 28.2 Å². The van der Waals surface area contributed by atoms with E-state index in [1.54, 1.807) is 11.3 Å². The number of hydrogen-bond acceptors (Lipinski definition) is 4. The van der Waals surface area contributed by atoms with E-state index < -0.39 is 0 Å². The molecule has 0 aromatic carbocycles. The van der Waals surface area contributed by atoms with E-state index in [1.807, 2.05) is 6.92 Å². The molecule has 19 heavy (non-hydrogen) atoms. The van der Waals surface area contributed by atoms with Crippen LogP contribution < -0.4 is 5.32 Å². The van der Waals surface area contributed by atoms with Gasteiger partial charge in [-0.15, -0.1) is 11.3 Å². The van der Waals surface area contributed by atoms with Crippen LogP contribution in [0, 0.1) is 6.92 Å². The Morgan fingerprint density at radius 3 is 2.89 bits per heavy atom. The van der Waals surface area contributed by atoms with Gasteiger partial charge in [-0.2, -0.15) is 0 Å². The van der Waals surface area contributed by atoms with Gasteiger partial charge in [0.2, 0.25) is 0 Å². The van der Waals surface area contributed by atoms with Gasteiger partial charge < -0.3 is 10.4 Å². The van der Waals surface area contributed by atoms with E-state index in [2.05, 4.69) is 29.4 Å². The number of aromatic nitrogens is 1. The lowest BCUT2D eigenvalue weighted by molar-refractivity contribution is 0.0937. The number of carbonyl (C=O) groups is 1. The number of nitrogens with one attached hydrogen (secondary N) is 1. The Hall–Kier alpha value is -1.88. The van der Waals surface area contributed by atoms with E-state index in [0.29, 0.717) is 0 Å². The van der Waals surface area contributed by atoms with E-state index >= 15 is 0 Å². The average molecular weight is 276 g/mol. The molecular formula is C14H16N2O2S. The summed E-state index contributed by atoms with van der Waals surface area (Å²) in [5.41, 5.74) is 0.254. The quantitative estimate of drug-likeness (QED) is 0.902. The van der Waals surface area contributed by atoms with Crippen LogP contribution >= 0.6 is 11.3 Å². The van der Waals surface area contributed by atoms with Gasteiger partial charge >= 0.3 is 0 Å². The van der Waals surface area contributed by atoms with E-state index in [9.17, 15) is 9.90 Å². The van der Waals surface area contributed by atoms with Crippen LogP contribution in [0.2, 0.25) is 0 Å². The molecule has 0 aliphatic carbocycles. The summed E-state index contributed by atoms with van der Waals surface area (Å²) < 4.78 is 0. The predicted molar refractivity (Wildman–Crippen MR) is 75.6 cm³/mol. The Morgan fingerprint density at radius 2 is 2.26 bits per heavy atom. The first-order valence-electron chi connectivity index (χ1n) is 6.05. The standard InChI is InChI=1S/C14H16N2O2S/c1-9(7-11-4-3-10(2)19-11)16-14(18)12-5-6-15-8-13(12)17/h3-6,8-9,17H,7H2,1-2H3,(H,16,18). The molecule has 1 unspecified atom stereocenters. The van der Waals surface area contributed by atoms with Crippen molar-refractivity contribution in [3.63, 3.8) is 0 Å². The molecule has 0 radical (unpaired) electrons. The molecule has 2 heterocycles. The smallest absolute Gasteiger partial charge is 0.255 e. The van der Waals surface area contributed by atoms with Crippen molar-refractivity contribution in [1.29, 1.82) is 0 Å². The zero-order valence-corrected chi connectivity index (χ0v) is 11.7. The van der Waals surface area contributed by atoms with Crippen LogP contribution in [0.25, 0.3) is 0 Å². The molecule has 0 spiro atoms. The lowest BCUT2D eigenvalue weighted by atomic mass is 10.1. The number of pyridine rings is 1. The minimum absolute atomic E-state index is 0.0121. The average Bonchev–Trinajstić information content (AvgIpc) is 2.74. The van der Waals surface area contributed by atoms with Crippen LogP contribution in [0.4, 0.5) is 0 Å². The van der Waals surface area contributed by atoms with Gasteiger partial charge in [-0.05, 0) is 32.0 Å². The molecule has 1 atom stereocenters. The van der Waals surface area contributed by atoms with Crippen LogP contribution in [-0.4, -0.2) is 22.0 Å². The summed E-state index contributed by atoms with van der Waals surface area (Å²) in [4.78, 5) is 18.2. The topological polar surface area (TPSA) is 62.2 Å². The second-order valence-electron chi connectivity index (χ2n) is 4.48. The number of rotatable bonds is 4. The summed E-state index contributed by atoms with van der Waals surface area (Å²) in [6.45, 7) is 4.01. The third kappa shape index (κ3) is 3.54. The van der Waals surface area contributed by atoms with Crippen LogP contribution in [0.5, 0.6) is 5.75 Å². The molecule has 2 rings (SSSR count). The van der Waals surface area contributed by atoms with Crippen molar-refractivity contribution in [1.82, 2.24) is 10.3 Å². The van der Waals surface area contributed by atoms with Crippen molar-refractivity contribution < 1.29 is 9.90 Å². The summed E-state index contributed by atoms with van der Waals surface area (Å²) in [5, 5.41) is 12.4. The van der Waals surface area contributed by atoms with Gasteiger partial charge in [0.1, 0.15) is 5.75 Å². The Labute approximate surface area is 116 Å². The van der Waals surface area contributed by atoms with Crippen LogP contribution in [0.3, 0.4) is 0 Å². The first-order chi connectivity index (χ1) is 9.06. The molecule has 0 fully saturated rings. The van der Waals surface area contributed by atoms with Gasteiger partial charge in [0.05, 0.1) is 11.8 Å². The maximum Gasteiger partial charge on any atom is 0.255 e. The van der Waals surface area contributed by atoms with Gasteiger partial charge in [0.25, 0.3) is 5.91 Å². The van der Waals surface area contributed by atoms with Crippen LogP contribution in [-0.2, 0) is 6.42 Å². The number of nitrogens with zero attached hydrogens (tertiary/aromatic N) is 1. The van der Waals surface area contributed by atoms with Gasteiger partial charge in [0.15, 0.2) is 0 Å². The largest absolute Gasteiger partial charge is 0.505 e. The maximum absolute atomic E-state index is 12.0. The molecule has 2 N–H and O–H groups in total. The van der Waals surface area contributed by atoms with E-state index in [-0.39, 0.29) is 23.3 Å². The highest BCUT2D eigenvalue weighted by molar-refractivity contribution is 7.11. The second kappa shape index (κ2) is 5.84. The lowest BCUT2D eigenvalue weighted by Crippen LogP contribution is -2.33. The van der Waals surface area contributed by atoms with Crippen LogP contribution in [0.15, 0.2) is 30.6 Å². The molecule has 0 bridgehead atoms.